The molecule has 3 aromatic carbocycles. The highest BCUT2D eigenvalue weighted by Crippen LogP contribution is 2.44. The van der Waals surface area contributed by atoms with E-state index in [0.29, 0.717) is 69.9 Å². The number of hydrogen-bond donors (Lipinski definition) is 1. The molecule has 4 unspecified atom stereocenters. The number of carbonyl (C=O) groups is 6. The first kappa shape index (κ1) is 71.8. The molecule has 89 heavy (non-hydrogen) atoms. The first-order chi connectivity index (χ1) is 42.8. The van der Waals surface area contributed by atoms with Crippen LogP contribution in [0.1, 0.15) is 224 Å². The van der Waals surface area contributed by atoms with E-state index < -0.39 is 22.0 Å². The van der Waals surface area contributed by atoms with Crippen LogP contribution >= 0.6 is 0 Å². The van der Waals surface area contributed by atoms with E-state index in [9.17, 15) is 28.8 Å². The summed E-state index contributed by atoms with van der Waals surface area (Å²) in [5.41, 5.74) is 8.95. The van der Waals surface area contributed by atoms with Gasteiger partial charge in [-0.3, -0.25) is 24.0 Å². The smallest absolute Gasteiger partial charge is 0.410 e. The number of nitrogens with two attached hydrogens (primary N) is 1. The Morgan fingerprint density at radius 1 is 0.506 bits per heavy atom. The summed E-state index contributed by atoms with van der Waals surface area (Å²) in [5.74, 6) is -0.0559. The first-order valence-electron chi connectivity index (χ1n) is 33.7. The largest absolute Gasteiger partial charge is 0.469 e. The van der Waals surface area contributed by atoms with E-state index in [1.807, 2.05) is 99.6 Å². The van der Waals surface area contributed by atoms with Crippen LogP contribution in [0.5, 0.6) is 0 Å². The summed E-state index contributed by atoms with van der Waals surface area (Å²) in [5, 5.41) is 0. The number of carbonyl (C=O) groups excluding carboxylic acids is 6. The summed E-state index contributed by atoms with van der Waals surface area (Å²) in [6, 6.07) is 29.3. The molecule has 14 nitrogen and oxygen atoms in total. The average molecular weight is 1230 g/mol. The Morgan fingerprint density at radius 3 is 1.37 bits per heavy atom. The van der Waals surface area contributed by atoms with Crippen molar-refractivity contribution in [2.45, 2.75) is 238 Å². The summed E-state index contributed by atoms with van der Waals surface area (Å²) in [7, 11) is 4.26. The molecule has 4 atom stereocenters. The third-order valence-corrected chi connectivity index (χ3v) is 19.0. The summed E-state index contributed by atoms with van der Waals surface area (Å²) < 4.78 is 32.2. The summed E-state index contributed by atoms with van der Waals surface area (Å²) in [6.07, 6.45) is 33.0. The second-order valence-electron chi connectivity index (χ2n) is 27.3. The number of allylic oxidation sites excluding steroid dienone is 4. The molecule has 2 saturated carbocycles. The highest BCUT2D eigenvalue weighted by Gasteiger charge is 2.45. The molecule has 0 radical (unpaired) electrons. The zero-order chi connectivity index (χ0) is 64.0. The van der Waals surface area contributed by atoms with Crippen molar-refractivity contribution < 1.29 is 57.2 Å². The number of esters is 5. The number of amides is 1. The second kappa shape index (κ2) is 37.1. The normalized spacial score (nSPS) is 19.3. The Labute approximate surface area is 533 Å². The van der Waals surface area contributed by atoms with Gasteiger partial charge in [-0.25, -0.2) is 4.79 Å². The molecule has 3 aromatic rings. The van der Waals surface area contributed by atoms with E-state index in [1.54, 1.807) is 4.90 Å². The number of likely N-dealkylation sites (tertiary alicyclic amines) is 1. The van der Waals surface area contributed by atoms with E-state index in [2.05, 4.69) is 24.3 Å². The fraction of sp³-hybridized carbons (Fsp3) is 0.627. The lowest BCUT2D eigenvalue weighted by Crippen LogP contribution is -2.50. The molecule has 8 rings (SSSR count). The van der Waals surface area contributed by atoms with E-state index in [1.165, 1.54) is 110 Å². The van der Waals surface area contributed by atoms with Crippen LogP contribution in [0.3, 0.4) is 0 Å². The van der Waals surface area contributed by atoms with Crippen molar-refractivity contribution in [3.63, 3.8) is 0 Å². The van der Waals surface area contributed by atoms with Crippen molar-refractivity contribution in [3.8, 4) is 0 Å². The second-order valence-corrected chi connectivity index (χ2v) is 27.3. The number of ether oxygens (including phenoxy) is 6. The van der Waals surface area contributed by atoms with Gasteiger partial charge >= 0.3 is 35.9 Å². The van der Waals surface area contributed by atoms with E-state index in [0.717, 1.165) is 74.5 Å². The molecule has 1 saturated heterocycles. The van der Waals surface area contributed by atoms with Crippen LogP contribution in [0.15, 0.2) is 114 Å². The lowest BCUT2D eigenvalue weighted by molar-refractivity contribution is -0.162. The molecule has 2 N–H and O–H groups in total. The van der Waals surface area contributed by atoms with E-state index in [-0.39, 0.29) is 67.9 Å². The molecule has 5 aliphatic rings. The fourth-order valence-electron chi connectivity index (χ4n) is 14.0. The molecule has 1 aliphatic heterocycles. The van der Waals surface area contributed by atoms with E-state index in [4.69, 9.17) is 34.2 Å². The zero-order valence-corrected chi connectivity index (χ0v) is 55.0. The van der Waals surface area contributed by atoms with Crippen LogP contribution in [-0.2, 0) is 72.0 Å². The van der Waals surface area contributed by atoms with E-state index >= 15 is 0 Å². The number of aryl methyl sites for hydroxylation is 1. The summed E-state index contributed by atoms with van der Waals surface area (Å²) >= 11 is 0. The highest BCUT2D eigenvalue weighted by molar-refractivity contribution is 5.85. The molecule has 3 fully saturated rings. The molecule has 0 spiro atoms. The fourth-order valence-corrected chi connectivity index (χ4v) is 14.0. The summed E-state index contributed by atoms with van der Waals surface area (Å²) in [6.45, 7) is 7.29. The Kier molecular flexibility index (Phi) is 30.0. The first-order valence-corrected chi connectivity index (χ1v) is 33.7. The number of nitrogens with zero attached hydrogens (tertiary/aromatic N) is 1. The standard InChI is InChI=1S/C27H38O4.C27H32O4.C21H38N2O4/c2*1-30-26(29)27(19-23-13-7-3-8-14-23,18-17-22-11-5-2-6-12-22)20-25(28)31-21-24-15-9-4-10-16-24;1-20(2,3)27-19(25)23-13-11-17(15-23)14-21(22,18(24)26-4)12-10-16-8-6-5-7-9-16/h4,9-10,13,15-16,22H,2-3,5-8,11-12,14,17-21H2,1H3;2,4-6,9-13,15-16H,3,7-8,14,17-21H2,1H3;16-17H,5-15,22H2,1-4H3. The average Bonchev–Trinajstić information content (AvgIpc) is 3.79. The quantitative estimate of drug-likeness (QED) is 0.0455. The summed E-state index contributed by atoms with van der Waals surface area (Å²) in [4.78, 5) is 78.4. The predicted molar refractivity (Wildman–Crippen MR) is 349 cm³/mol. The van der Waals surface area contributed by atoms with Crippen molar-refractivity contribution in [1.29, 1.82) is 0 Å². The van der Waals surface area contributed by atoms with Crippen molar-refractivity contribution in [2.24, 2.45) is 34.3 Å². The Hall–Kier alpha value is -6.28. The van der Waals surface area contributed by atoms with Gasteiger partial charge in [0.1, 0.15) is 24.4 Å². The van der Waals surface area contributed by atoms with Crippen molar-refractivity contribution in [3.05, 3.63) is 131 Å². The van der Waals surface area contributed by atoms with Gasteiger partial charge in [-0.2, -0.15) is 0 Å². The third kappa shape index (κ3) is 24.8. The maximum Gasteiger partial charge on any atom is 0.410 e. The van der Waals surface area contributed by atoms with Gasteiger partial charge < -0.3 is 39.1 Å². The molecule has 490 valence electrons. The van der Waals surface area contributed by atoms with Crippen LogP contribution in [-0.4, -0.2) is 86.4 Å². The van der Waals surface area contributed by atoms with Crippen LogP contribution < -0.4 is 5.73 Å². The zero-order valence-electron chi connectivity index (χ0n) is 55.0. The van der Waals surface area contributed by atoms with Gasteiger partial charge in [0.05, 0.1) is 45.0 Å². The molecular formula is C75H108N2O12. The van der Waals surface area contributed by atoms with Crippen LogP contribution in [0.4, 0.5) is 4.79 Å². The SMILES string of the molecule is COC(=O)C(CCC1CCCCC1)(CC(=O)OCc1ccccc1)CC1=CCCCC1.COC(=O)C(CCc1ccccc1)(CC(=O)OCc1ccccc1)CC1=CCCCC1.COC(=O)C(N)(CCC1CCCCC1)CC1CCN(C(=O)OC(C)(C)C)C1. The molecule has 0 aromatic heterocycles. The van der Waals surface area contributed by atoms with Gasteiger partial charge in [-0.1, -0.05) is 179 Å². The topological polar surface area (TPSA) is 187 Å². The minimum absolute atomic E-state index is 0.0245. The maximum absolute atomic E-state index is 13.1. The van der Waals surface area contributed by atoms with Crippen LogP contribution in [0.2, 0.25) is 0 Å². The number of benzene rings is 3. The van der Waals surface area contributed by atoms with Gasteiger partial charge in [0.25, 0.3) is 0 Å². The Balaban J connectivity index is 0.000000213. The van der Waals surface area contributed by atoms with Gasteiger partial charge in [0.2, 0.25) is 0 Å². The van der Waals surface area contributed by atoms with Gasteiger partial charge in [0.15, 0.2) is 0 Å². The molecular weight excluding hydrogens is 1120 g/mol. The number of hydrogen-bond acceptors (Lipinski definition) is 13. The van der Waals surface area contributed by atoms with Gasteiger partial charge in [-0.15, -0.1) is 0 Å². The van der Waals surface area contributed by atoms with Crippen LogP contribution in [0.25, 0.3) is 0 Å². The Morgan fingerprint density at radius 2 is 0.944 bits per heavy atom. The highest BCUT2D eigenvalue weighted by atomic mass is 16.6. The predicted octanol–water partition coefficient (Wildman–Crippen LogP) is 16.2. The third-order valence-electron chi connectivity index (χ3n) is 19.0. The minimum Gasteiger partial charge on any atom is -0.469 e. The Bertz CT molecular complexity index is 2690. The molecule has 4 aliphatic carbocycles. The van der Waals surface area contributed by atoms with Gasteiger partial charge in [0, 0.05) is 13.1 Å². The maximum atomic E-state index is 13.1. The molecule has 0 bridgehead atoms. The number of rotatable bonds is 26. The molecule has 14 heteroatoms. The minimum atomic E-state index is -0.958. The monoisotopic (exact) mass is 1230 g/mol. The molecule has 1 amide bonds. The van der Waals surface area contributed by atoms with Crippen LogP contribution in [0, 0.1) is 28.6 Å². The van der Waals surface area contributed by atoms with Crippen molar-refractivity contribution in [2.75, 3.05) is 34.4 Å². The van der Waals surface area contributed by atoms with Crippen molar-refractivity contribution in [1.82, 2.24) is 4.90 Å². The molecule has 1 heterocycles. The van der Waals surface area contributed by atoms with Gasteiger partial charge in [-0.05, 0) is 171 Å². The lowest BCUT2D eigenvalue weighted by atomic mass is 9.71. The number of methoxy groups -OCH3 is 3. The van der Waals surface area contributed by atoms with Crippen molar-refractivity contribution >= 4 is 35.9 Å². The lowest BCUT2D eigenvalue weighted by Gasteiger charge is -2.34.